The van der Waals surface area contributed by atoms with E-state index in [1.807, 2.05) is 68.4 Å². The molecule has 6 heteroatoms. The molecule has 0 unspecified atom stereocenters. The maximum absolute atomic E-state index is 10.6. The highest BCUT2D eigenvalue weighted by Crippen LogP contribution is 2.40. The summed E-state index contributed by atoms with van der Waals surface area (Å²) in [6.07, 6.45) is 1.57. The van der Waals surface area contributed by atoms with Gasteiger partial charge in [-0.1, -0.05) is 36.4 Å². The molecule has 0 bridgehead atoms. The fourth-order valence-electron chi connectivity index (χ4n) is 3.22. The van der Waals surface area contributed by atoms with E-state index in [9.17, 15) is 5.11 Å². The van der Waals surface area contributed by atoms with Crippen molar-refractivity contribution in [1.82, 2.24) is 10.2 Å². The standard InChI is InChI=1S/C25H24N2O4/c1-3-29-22-10-6-7-11-23(22)31-24-15-26-27-25(24)20-13-12-19(14-21(20)28)30-16-18-9-5-4-8-17(18)2/h4-15,28H,3,16H2,1-2H3,(H,26,27). The molecule has 0 aliphatic carbocycles. The number of nitrogens with zero attached hydrogens (tertiary/aromatic N) is 1. The second-order valence-corrected chi connectivity index (χ2v) is 6.99. The average Bonchev–Trinajstić information content (AvgIpc) is 3.22. The van der Waals surface area contributed by atoms with Gasteiger partial charge in [0.05, 0.1) is 12.8 Å². The first kappa shape index (κ1) is 20.3. The number of hydrogen-bond acceptors (Lipinski definition) is 5. The summed E-state index contributed by atoms with van der Waals surface area (Å²) >= 11 is 0. The van der Waals surface area contributed by atoms with Crippen molar-refractivity contribution in [3.8, 4) is 40.0 Å². The summed E-state index contributed by atoms with van der Waals surface area (Å²) in [5.41, 5.74) is 3.39. The Balaban J connectivity index is 1.53. The molecule has 0 atom stereocenters. The minimum atomic E-state index is 0.0643. The van der Waals surface area contributed by atoms with E-state index < -0.39 is 0 Å². The molecule has 31 heavy (non-hydrogen) atoms. The van der Waals surface area contributed by atoms with Crippen molar-refractivity contribution in [3.05, 3.63) is 84.1 Å². The first-order valence-corrected chi connectivity index (χ1v) is 10.1. The third-order valence-electron chi connectivity index (χ3n) is 4.87. The van der Waals surface area contributed by atoms with E-state index in [2.05, 4.69) is 10.2 Å². The normalized spacial score (nSPS) is 10.6. The van der Waals surface area contributed by atoms with Gasteiger partial charge < -0.3 is 19.3 Å². The molecule has 0 fully saturated rings. The molecule has 0 amide bonds. The molecule has 0 saturated carbocycles. The van der Waals surface area contributed by atoms with Gasteiger partial charge in [0.2, 0.25) is 0 Å². The summed E-state index contributed by atoms with van der Waals surface area (Å²) in [4.78, 5) is 0. The van der Waals surface area contributed by atoms with E-state index in [0.29, 0.717) is 47.5 Å². The molecular weight excluding hydrogens is 392 g/mol. The van der Waals surface area contributed by atoms with Gasteiger partial charge in [-0.05, 0) is 49.2 Å². The summed E-state index contributed by atoms with van der Waals surface area (Å²) in [6, 6.07) is 20.6. The Morgan fingerprint density at radius 3 is 2.45 bits per heavy atom. The molecule has 4 rings (SSSR count). The van der Waals surface area contributed by atoms with Crippen LogP contribution in [0.2, 0.25) is 0 Å². The quantitative estimate of drug-likeness (QED) is 0.376. The lowest BCUT2D eigenvalue weighted by Gasteiger charge is -2.13. The molecular formula is C25H24N2O4. The molecule has 0 aliphatic rings. The van der Waals surface area contributed by atoms with Gasteiger partial charge in [0.15, 0.2) is 17.2 Å². The van der Waals surface area contributed by atoms with E-state index in [0.717, 1.165) is 11.1 Å². The van der Waals surface area contributed by atoms with Gasteiger partial charge in [-0.2, -0.15) is 5.10 Å². The number of aromatic nitrogens is 2. The second kappa shape index (κ2) is 9.26. The molecule has 3 aromatic carbocycles. The Bertz CT molecular complexity index is 1170. The number of aryl methyl sites for hydroxylation is 1. The highest BCUT2D eigenvalue weighted by Gasteiger charge is 2.16. The minimum Gasteiger partial charge on any atom is -0.507 e. The Morgan fingerprint density at radius 2 is 1.68 bits per heavy atom. The van der Waals surface area contributed by atoms with E-state index in [-0.39, 0.29) is 5.75 Å². The predicted molar refractivity (Wildman–Crippen MR) is 119 cm³/mol. The van der Waals surface area contributed by atoms with E-state index in [4.69, 9.17) is 14.2 Å². The van der Waals surface area contributed by atoms with Crippen LogP contribution in [0.15, 0.2) is 72.9 Å². The number of phenols is 1. The number of rotatable bonds is 8. The number of ether oxygens (including phenoxy) is 3. The Labute approximate surface area is 181 Å². The van der Waals surface area contributed by atoms with Crippen molar-refractivity contribution in [2.24, 2.45) is 0 Å². The number of H-pyrrole nitrogens is 1. The van der Waals surface area contributed by atoms with Crippen molar-refractivity contribution in [1.29, 1.82) is 0 Å². The molecule has 1 heterocycles. The predicted octanol–water partition coefficient (Wildman–Crippen LogP) is 5.86. The maximum Gasteiger partial charge on any atom is 0.173 e. The zero-order valence-corrected chi connectivity index (χ0v) is 17.5. The Hall–Kier alpha value is -3.93. The van der Waals surface area contributed by atoms with Crippen molar-refractivity contribution >= 4 is 0 Å². The van der Waals surface area contributed by atoms with Crippen LogP contribution >= 0.6 is 0 Å². The van der Waals surface area contributed by atoms with Crippen LogP contribution in [-0.4, -0.2) is 21.9 Å². The zero-order valence-electron chi connectivity index (χ0n) is 17.5. The molecule has 6 nitrogen and oxygen atoms in total. The number of nitrogens with one attached hydrogen (secondary N) is 1. The molecule has 0 spiro atoms. The van der Waals surface area contributed by atoms with Crippen molar-refractivity contribution in [3.63, 3.8) is 0 Å². The third kappa shape index (κ3) is 4.64. The first-order valence-electron chi connectivity index (χ1n) is 10.1. The lowest BCUT2D eigenvalue weighted by molar-refractivity contribution is 0.303. The van der Waals surface area contributed by atoms with Crippen LogP contribution in [0.1, 0.15) is 18.1 Å². The van der Waals surface area contributed by atoms with Gasteiger partial charge in [0.1, 0.15) is 23.8 Å². The Morgan fingerprint density at radius 1 is 0.903 bits per heavy atom. The van der Waals surface area contributed by atoms with Crippen LogP contribution in [0.4, 0.5) is 0 Å². The molecule has 0 aliphatic heterocycles. The van der Waals surface area contributed by atoms with Crippen molar-refractivity contribution in [2.45, 2.75) is 20.5 Å². The van der Waals surface area contributed by atoms with Gasteiger partial charge in [-0.3, -0.25) is 5.10 Å². The van der Waals surface area contributed by atoms with Crippen LogP contribution in [0, 0.1) is 6.92 Å². The minimum absolute atomic E-state index is 0.0643. The summed E-state index contributed by atoms with van der Waals surface area (Å²) < 4.78 is 17.5. The molecule has 1 aromatic heterocycles. The molecule has 0 saturated heterocycles. The lowest BCUT2D eigenvalue weighted by atomic mass is 10.1. The van der Waals surface area contributed by atoms with Crippen LogP contribution in [-0.2, 0) is 6.61 Å². The highest BCUT2D eigenvalue weighted by atomic mass is 16.5. The van der Waals surface area contributed by atoms with Crippen LogP contribution in [0.5, 0.6) is 28.7 Å². The van der Waals surface area contributed by atoms with Crippen LogP contribution in [0.25, 0.3) is 11.3 Å². The average molecular weight is 416 g/mol. The zero-order chi connectivity index (χ0) is 21.6. The summed E-state index contributed by atoms with van der Waals surface area (Å²) in [6.45, 7) is 4.92. The fraction of sp³-hybridized carbons (Fsp3) is 0.160. The topological polar surface area (TPSA) is 76.6 Å². The van der Waals surface area contributed by atoms with Crippen LogP contribution in [0.3, 0.4) is 0 Å². The lowest BCUT2D eigenvalue weighted by Crippen LogP contribution is -1.97. The third-order valence-corrected chi connectivity index (χ3v) is 4.87. The van der Waals surface area contributed by atoms with Crippen molar-refractivity contribution < 1.29 is 19.3 Å². The number of aromatic hydroxyl groups is 1. The summed E-state index contributed by atoms with van der Waals surface area (Å²) in [7, 11) is 0. The number of para-hydroxylation sites is 2. The van der Waals surface area contributed by atoms with Gasteiger partial charge >= 0.3 is 0 Å². The SMILES string of the molecule is CCOc1ccccc1Oc1cn[nH]c1-c1ccc(OCc2ccccc2C)cc1O. The van der Waals surface area contributed by atoms with Crippen molar-refractivity contribution in [2.75, 3.05) is 6.61 Å². The van der Waals surface area contributed by atoms with E-state index >= 15 is 0 Å². The van der Waals surface area contributed by atoms with E-state index in [1.54, 1.807) is 18.3 Å². The second-order valence-electron chi connectivity index (χ2n) is 6.99. The first-order chi connectivity index (χ1) is 15.2. The summed E-state index contributed by atoms with van der Waals surface area (Å²) in [5, 5.41) is 17.6. The fourth-order valence-corrected chi connectivity index (χ4v) is 3.22. The number of benzene rings is 3. The number of aromatic amines is 1. The Kier molecular flexibility index (Phi) is 6.08. The molecule has 158 valence electrons. The van der Waals surface area contributed by atoms with E-state index in [1.165, 1.54) is 0 Å². The maximum atomic E-state index is 10.6. The monoisotopic (exact) mass is 416 g/mol. The molecule has 0 radical (unpaired) electrons. The van der Waals surface area contributed by atoms with Crippen LogP contribution < -0.4 is 14.2 Å². The van der Waals surface area contributed by atoms with Gasteiger partial charge in [0, 0.05) is 11.6 Å². The van der Waals surface area contributed by atoms with Gasteiger partial charge in [-0.15, -0.1) is 0 Å². The summed E-state index contributed by atoms with van der Waals surface area (Å²) in [5.74, 6) is 2.34. The van der Waals surface area contributed by atoms with Gasteiger partial charge in [-0.25, -0.2) is 0 Å². The number of phenolic OH excluding ortho intramolecular Hbond substituents is 1. The van der Waals surface area contributed by atoms with Gasteiger partial charge in [0.25, 0.3) is 0 Å². The smallest absolute Gasteiger partial charge is 0.173 e. The molecule has 4 aromatic rings. The largest absolute Gasteiger partial charge is 0.507 e. The molecule has 2 N–H and O–H groups in total. The number of hydrogen-bond donors (Lipinski definition) is 2. The highest BCUT2D eigenvalue weighted by molar-refractivity contribution is 5.73.